The third-order valence-electron chi connectivity index (χ3n) is 2.45. The maximum absolute atomic E-state index is 11.1. The molecule has 19 heavy (non-hydrogen) atoms. The predicted molar refractivity (Wildman–Crippen MR) is 90.1 cm³/mol. The molecule has 0 aliphatic rings. The second-order valence-electron chi connectivity index (χ2n) is 3.65. The molecule has 0 fully saturated rings. The van der Waals surface area contributed by atoms with Crippen molar-refractivity contribution in [2.45, 2.75) is 0 Å². The minimum absolute atomic E-state index is 0.138. The molecule has 7 heteroatoms. The second kappa shape index (κ2) is 6.06. The molecule has 2 aromatic carbocycles. The first-order valence-corrected chi connectivity index (χ1v) is 15.7. The molecule has 0 aliphatic heterocycles. The average molecular weight is 517 g/mol. The number of para-hydroxylation sites is 1. The van der Waals surface area contributed by atoms with Crippen LogP contribution in [0.3, 0.4) is 0 Å². The van der Waals surface area contributed by atoms with Crippen molar-refractivity contribution >= 4 is 68.0 Å². The van der Waals surface area contributed by atoms with E-state index in [0.717, 1.165) is 8.93 Å². The van der Waals surface area contributed by atoms with Gasteiger partial charge >= 0.3 is 136 Å². The summed E-state index contributed by atoms with van der Waals surface area (Å²) in [6.45, 7) is 0. The molecule has 3 nitrogen and oxygen atoms in total. The number of hydrogen-bond donors (Lipinski definition) is 0. The minimum atomic E-state index is -2.63. The first-order chi connectivity index (χ1) is 8.93. The first kappa shape index (κ1) is 15.2. The quantitative estimate of drug-likeness (QED) is 0.355. The molecular weight excluding hydrogens is 509 g/mol. The zero-order valence-corrected chi connectivity index (χ0v) is 15.9. The number of halogens is 3. The van der Waals surface area contributed by atoms with Gasteiger partial charge in [-0.25, -0.2) is 0 Å². The molecule has 0 aromatic heterocycles. The van der Waals surface area contributed by atoms with Gasteiger partial charge in [-0.2, -0.15) is 0 Å². The van der Waals surface area contributed by atoms with Crippen molar-refractivity contribution in [2.75, 3.05) is 0 Å². The Morgan fingerprint density at radius 3 is 2.16 bits per heavy atom. The van der Waals surface area contributed by atoms with Crippen LogP contribution in [0.1, 0.15) is 0 Å². The van der Waals surface area contributed by atoms with Gasteiger partial charge in [0.2, 0.25) is 0 Å². The molecular formula is C12H8Br3NO2Se. The molecule has 0 saturated carbocycles. The van der Waals surface area contributed by atoms with Crippen molar-refractivity contribution in [2.24, 2.45) is 0 Å². The average Bonchev–Trinajstić information content (AvgIpc) is 2.39. The van der Waals surface area contributed by atoms with Crippen molar-refractivity contribution in [1.29, 1.82) is 0 Å². The summed E-state index contributed by atoms with van der Waals surface area (Å²) in [7, 11) is -2.63. The fraction of sp³-hybridized carbons (Fsp3) is 0. The Balaban J connectivity index is 2.56. The Labute approximate surface area is 135 Å². The van der Waals surface area contributed by atoms with Crippen molar-refractivity contribution in [3.05, 3.63) is 63.1 Å². The number of rotatable bonds is 3. The summed E-state index contributed by atoms with van der Waals surface area (Å²) >= 11 is 10.8. The van der Waals surface area contributed by atoms with Crippen LogP contribution in [0, 0.1) is 10.1 Å². The van der Waals surface area contributed by atoms with Crippen LogP contribution in [0.25, 0.3) is 0 Å². The standard InChI is InChI=1S/C12H8Br3NO2Se/c13-9-5-7-10(8-6-9)19(14,15)12-4-2-1-3-11(12)16(17)18/h1-8H. The van der Waals surface area contributed by atoms with Gasteiger partial charge in [0.1, 0.15) is 0 Å². The Bertz CT molecular complexity index is 617. The van der Waals surface area contributed by atoms with Crippen molar-refractivity contribution in [1.82, 2.24) is 0 Å². The van der Waals surface area contributed by atoms with Gasteiger partial charge < -0.3 is 0 Å². The third kappa shape index (κ3) is 3.28. The van der Waals surface area contributed by atoms with Gasteiger partial charge in [0, 0.05) is 0 Å². The Kier molecular flexibility index (Phi) is 4.84. The summed E-state index contributed by atoms with van der Waals surface area (Å²) in [4.78, 5) is 10.8. The molecule has 0 N–H and O–H groups in total. The van der Waals surface area contributed by atoms with Crippen LogP contribution >= 0.6 is 44.2 Å². The van der Waals surface area contributed by atoms with Crippen LogP contribution in [0.4, 0.5) is 5.69 Å². The predicted octanol–water partition coefficient (Wildman–Crippen LogP) is 3.70. The summed E-state index contributed by atoms with van der Waals surface area (Å²) in [6, 6.07) is 14.6. The molecule has 0 atom stereocenters. The van der Waals surface area contributed by atoms with Gasteiger partial charge in [-0.15, -0.1) is 0 Å². The third-order valence-corrected chi connectivity index (χ3v) is 14.2. The fourth-order valence-electron chi connectivity index (χ4n) is 1.56. The number of hydrogen-bond acceptors (Lipinski definition) is 2. The Morgan fingerprint density at radius 2 is 1.58 bits per heavy atom. The molecule has 100 valence electrons. The van der Waals surface area contributed by atoms with E-state index in [2.05, 4.69) is 44.2 Å². The SMILES string of the molecule is O=[N+]([O-])c1ccccc1[Se](Br)(Br)c1ccc(Br)cc1. The molecule has 0 amide bonds. The van der Waals surface area contributed by atoms with Gasteiger partial charge in [-0.1, -0.05) is 0 Å². The van der Waals surface area contributed by atoms with E-state index in [1.165, 1.54) is 6.07 Å². The number of nitrogens with zero attached hydrogens (tertiary/aromatic N) is 1. The van der Waals surface area contributed by atoms with Gasteiger partial charge in [0.25, 0.3) is 0 Å². The van der Waals surface area contributed by atoms with E-state index < -0.39 is 9.23 Å². The van der Waals surface area contributed by atoms with Gasteiger partial charge in [-0.3, -0.25) is 0 Å². The normalized spacial score (nSPS) is 12.2. The van der Waals surface area contributed by atoms with Crippen LogP contribution in [-0.2, 0) is 0 Å². The summed E-state index contributed by atoms with van der Waals surface area (Å²) in [5.74, 6) is 0. The van der Waals surface area contributed by atoms with E-state index >= 15 is 0 Å². The van der Waals surface area contributed by atoms with Crippen LogP contribution in [0.5, 0.6) is 0 Å². The fourth-order valence-corrected chi connectivity index (χ4v) is 9.82. The Hall–Kier alpha value is -0.201. The first-order valence-electron chi connectivity index (χ1n) is 5.14. The van der Waals surface area contributed by atoms with E-state index in [1.807, 2.05) is 30.3 Å². The summed E-state index contributed by atoms with van der Waals surface area (Å²) in [6.07, 6.45) is 0. The molecule has 0 heterocycles. The van der Waals surface area contributed by atoms with Crippen molar-refractivity contribution in [3.8, 4) is 0 Å². The van der Waals surface area contributed by atoms with Crippen LogP contribution in [0.2, 0.25) is 0 Å². The zero-order valence-electron chi connectivity index (χ0n) is 9.42. The molecule has 0 bridgehead atoms. The maximum atomic E-state index is 11.1. The summed E-state index contributed by atoms with van der Waals surface area (Å²) < 4.78 is 2.73. The molecule has 0 aliphatic carbocycles. The van der Waals surface area contributed by atoms with Crippen molar-refractivity contribution < 1.29 is 4.92 Å². The number of nitro groups is 1. The molecule has 0 saturated heterocycles. The van der Waals surface area contributed by atoms with Crippen LogP contribution in [0.15, 0.2) is 53.0 Å². The molecule has 0 radical (unpaired) electrons. The summed E-state index contributed by atoms with van der Waals surface area (Å²) in [5.41, 5.74) is 0.138. The second-order valence-corrected chi connectivity index (χ2v) is 23.1. The number of nitro benzene ring substituents is 1. The summed E-state index contributed by atoms with van der Waals surface area (Å²) in [5, 5.41) is 11.1. The topological polar surface area (TPSA) is 43.1 Å². The zero-order chi connectivity index (χ0) is 14.0. The van der Waals surface area contributed by atoms with E-state index in [9.17, 15) is 10.1 Å². The monoisotopic (exact) mass is 515 g/mol. The molecule has 0 spiro atoms. The van der Waals surface area contributed by atoms with E-state index in [4.69, 9.17) is 0 Å². The van der Waals surface area contributed by atoms with Gasteiger partial charge in [0.15, 0.2) is 0 Å². The van der Waals surface area contributed by atoms with Crippen LogP contribution < -0.4 is 8.92 Å². The van der Waals surface area contributed by atoms with Crippen LogP contribution in [-0.4, -0.2) is 14.2 Å². The van der Waals surface area contributed by atoms with Crippen molar-refractivity contribution in [3.63, 3.8) is 0 Å². The van der Waals surface area contributed by atoms with E-state index in [-0.39, 0.29) is 10.6 Å². The van der Waals surface area contributed by atoms with E-state index in [1.54, 1.807) is 12.1 Å². The Morgan fingerprint density at radius 1 is 1.00 bits per heavy atom. The molecule has 2 rings (SSSR count). The number of benzene rings is 2. The van der Waals surface area contributed by atoms with Gasteiger partial charge in [-0.05, 0) is 0 Å². The van der Waals surface area contributed by atoms with E-state index in [0.29, 0.717) is 4.46 Å². The molecule has 0 unspecified atom stereocenters. The van der Waals surface area contributed by atoms with Gasteiger partial charge in [0.05, 0.1) is 0 Å². The molecule has 2 aromatic rings.